The molecule has 0 saturated carbocycles. The van der Waals surface area contributed by atoms with E-state index in [2.05, 4.69) is 5.32 Å². The first-order valence-corrected chi connectivity index (χ1v) is 16.2. The number of rotatable bonds is 11. The normalized spacial score (nSPS) is 12.3. The van der Waals surface area contributed by atoms with Crippen molar-refractivity contribution in [3.05, 3.63) is 131 Å². The van der Waals surface area contributed by atoms with Gasteiger partial charge >= 0.3 is 0 Å². The first-order valence-electron chi connectivity index (χ1n) is 14.8. The average Bonchev–Trinajstić information content (AvgIpc) is 2.99. The van der Waals surface area contributed by atoms with Gasteiger partial charge in [0.15, 0.2) is 0 Å². The maximum atomic E-state index is 14.5. The zero-order chi connectivity index (χ0) is 32.8. The first kappa shape index (κ1) is 33.4. The summed E-state index contributed by atoms with van der Waals surface area (Å²) in [5.74, 6) is -1.40. The van der Waals surface area contributed by atoms with Crippen LogP contribution in [0.1, 0.15) is 43.0 Å². The fourth-order valence-electron chi connectivity index (χ4n) is 4.87. The summed E-state index contributed by atoms with van der Waals surface area (Å²) in [5.41, 5.74) is 2.96. The van der Waals surface area contributed by atoms with Gasteiger partial charge in [-0.25, -0.2) is 12.8 Å². The largest absolute Gasteiger partial charge is 0.350 e. The lowest BCUT2D eigenvalue weighted by molar-refractivity contribution is -0.140. The number of nitrogens with one attached hydrogen (secondary N) is 1. The molecule has 0 aliphatic heterocycles. The van der Waals surface area contributed by atoms with Crippen molar-refractivity contribution in [1.82, 2.24) is 10.2 Å². The van der Waals surface area contributed by atoms with Crippen molar-refractivity contribution >= 4 is 27.5 Å². The van der Waals surface area contributed by atoms with Crippen molar-refractivity contribution in [3.8, 4) is 0 Å². The summed E-state index contributed by atoms with van der Waals surface area (Å²) in [6.45, 7) is 8.70. The lowest BCUT2D eigenvalue weighted by Gasteiger charge is -2.35. The zero-order valence-electron chi connectivity index (χ0n) is 26.3. The summed E-state index contributed by atoms with van der Waals surface area (Å²) in [5, 5.41) is 3.00. The molecule has 1 N–H and O–H groups in total. The Morgan fingerprint density at radius 2 is 1.33 bits per heavy atom. The fraction of sp³-hybridized carbons (Fsp3) is 0.278. The van der Waals surface area contributed by atoms with Crippen LogP contribution in [0.15, 0.2) is 108 Å². The van der Waals surface area contributed by atoms with Crippen LogP contribution in [0.2, 0.25) is 0 Å². The average molecular weight is 630 g/mol. The Hall–Kier alpha value is -4.50. The number of anilines is 1. The van der Waals surface area contributed by atoms with E-state index < -0.39 is 39.9 Å². The number of sulfonamides is 1. The Kier molecular flexibility index (Phi) is 10.4. The Morgan fingerprint density at radius 3 is 1.89 bits per heavy atom. The molecule has 0 unspecified atom stereocenters. The van der Waals surface area contributed by atoms with Crippen molar-refractivity contribution in [1.29, 1.82) is 0 Å². The molecule has 4 aromatic rings. The third-order valence-electron chi connectivity index (χ3n) is 7.25. The van der Waals surface area contributed by atoms with Crippen LogP contribution < -0.4 is 9.62 Å². The summed E-state index contributed by atoms with van der Waals surface area (Å²) >= 11 is 0. The molecule has 4 aromatic carbocycles. The molecule has 0 aliphatic carbocycles. The van der Waals surface area contributed by atoms with E-state index >= 15 is 0 Å². The highest BCUT2D eigenvalue weighted by atomic mass is 32.2. The molecular formula is C36H40FN3O4S. The topological polar surface area (TPSA) is 86.8 Å². The van der Waals surface area contributed by atoms with Gasteiger partial charge in [-0.3, -0.25) is 13.9 Å². The van der Waals surface area contributed by atoms with Crippen LogP contribution in [0, 0.1) is 19.7 Å². The number of amides is 2. The molecular weight excluding hydrogens is 589 g/mol. The van der Waals surface area contributed by atoms with Gasteiger partial charge in [0, 0.05) is 18.5 Å². The molecule has 9 heteroatoms. The Bertz CT molecular complexity index is 1700. The third-order valence-corrected chi connectivity index (χ3v) is 9.03. The number of hydrogen-bond acceptors (Lipinski definition) is 4. The third kappa shape index (κ3) is 9.01. The lowest BCUT2D eigenvalue weighted by Crippen LogP contribution is -2.56. The minimum Gasteiger partial charge on any atom is -0.350 e. The minimum absolute atomic E-state index is 0.0397. The number of nitrogens with zero attached hydrogens (tertiary/aromatic N) is 2. The number of hydrogen-bond donors (Lipinski definition) is 1. The second kappa shape index (κ2) is 14.1. The van der Waals surface area contributed by atoms with E-state index in [0.717, 1.165) is 21.0 Å². The summed E-state index contributed by atoms with van der Waals surface area (Å²) in [6, 6.07) is 27.3. The van der Waals surface area contributed by atoms with Gasteiger partial charge in [0.25, 0.3) is 10.0 Å². The van der Waals surface area contributed by atoms with E-state index in [4.69, 9.17) is 0 Å². The van der Waals surface area contributed by atoms with Gasteiger partial charge in [0.2, 0.25) is 11.8 Å². The number of carbonyl (C=O) groups is 2. The molecule has 0 bridgehead atoms. The second-order valence-electron chi connectivity index (χ2n) is 12.3. The molecule has 0 fully saturated rings. The monoisotopic (exact) mass is 629 g/mol. The molecule has 2 amide bonds. The lowest BCUT2D eigenvalue weighted by atomic mass is 10.0. The van der Waals surface area contributed by atoms with E-state index in [9.17, 15) is 22.4 Å². The van der Waals surface area contributed by atoms with Crippen LogP contribution in [0.25, 0.3) is 0 Å². The summed E-state index contributed by atoms with van der Waals surface area (Å²) in [7, 11) is -4.19. The molecule has 0 heterocycles. The summed E-state index contributed by atoms with van der Waals surface area (Å²) < 4.78 is 43.1. The van der Waals surface area contributed by atoms with Crippen molar-refractivity contribution < 1.29 is 22.4 Å². The molecule has 0 aliphatic rings. The predicted octanol–water partition coefficient (Wildman–Crippen LogP) is 6.19. The summed E-state index contributed by atoms with van der Waals surface area (Å²) in [6.07, 6.45) is 0.185. The molecule has 4 rings (SSSR count). The van der Waals surface area contributed by atoms with Crippen molar-refractivity contribution in [2.75, 3.05) is 10.8 Å². The predicted molar refractivity (Wildman–Crippen MR) is 176 cm³/mol. The van der Waals surface area contributed by atoms with Crippen LogP contribution in [-0.4, -0.2) is 43.3 Å². The molecule has 0 spiro atoms. The second-order valence-corrected chi connectivity index (χ2v) is 14.1. The first-order chi connectivity index (χ1) is 21.2. The highest BCUT2D eigenvalue weighted by molar-refractivity contribution is 7.92. The fourth-order valence-corrected chi connectivity index (χ4v) is 6.28. The molecule has 0 aromatic heterocycles. The minimum atomic E-state index is -4.19. The molecule has 7 nitrogen and oxygen atoms in total. The molecule has 236 valence electrons. The number of aryl methyl sites for hydroxylation is 2. The van der Waals surface area contributed by atoms with Gasteiger partial charge in [0.05, 0.1) is 10.6 Å². The van der Waals surface area contributed by atoms with Gasteiger partial charge in [-0.15, -0.1) is 0 Å². The van der Waals surface area contributed by atoms with Crippen molar-refractivity contribution in [3.63, 3.8) is 0 Å². The number of benzene rings is 4. The highest BCUT2D eigenvalue weighted by Gasteiger charge is 2.35. The molecule has 0 saturated heterocycles. The van der Waals surface area contributed by atoms with Crippen LogP contribution in [0.3, 0.4) is 0 Å². The van der Waals surface area contributed by atoms with Gasteiger partial charge in [-0.05, 0) is 82.1 Å². The van der Waals surface area contributed by atoms with Gasteiger partial charge in [-0.1, -0.05) is 77.9 Å². The number of halogens is 1. The maximum absolute atomic E-state index is 14.5. The van der Waals surface area contributed by atoms with E-state index in [1.807, 2.05) is 65.0 Å². The molecule has 0 radical (unpaired) electrons. The van der Waals surface area contributed by atoms with E-state index in [1.165, 1.54) is 29.2 Å². The quantitative estimate of drug-likeness (QED) is 0.214. The van der Waals surface area contributed by atoms with Gasteiger partial charge in [-0.2, -0.15) is 0 Å². The maximum Gasteiger partial charge on any atom is 0.264 e. The van der Waals surface area contributed by atoms with Gasteiger partial charge in [0.1, 0.15) is 18.4 Å². The zero-order valence-corrected chi connectivity index (χ0v) is 27.1. The standard InChI is InChI=1S/C36H40FN3O4S/c1-26-11-19-31(20-12-26)40(45(43,44)32-21-13-27(2)14-22-32)25-34(41)39(24-29-15-17-30(37)18-16-29)33(35(42)38-36(3,4)5)23-28-9-7-6-8-10-28/h6-22,33H,23-25H2,1-5H3,(H,38,42)/t33-/m1/s1. The van der Waals surface area contributed by atoms with Crippen molar-refractivity contribution in [2.24, 2.45) is 0 Å². The van der Waals surface area contributed by atoms with Crippen molar-refractivity contribution in [2.45, 2.75) is 64.1 Å². The van der Waals surface area contributed by atoms with E-state index in [-0.39, 0.29) is 23.8 Å². The van der Waals surface area contributed by atoms with Crippen LogP contribution in [0.4, 0.5) is 10.1 Å². The van der Waals surface area contributed by atoms with Crippen LogP contribution in [0.5, 0.6) is 0 Å². The smallest absolute Gasteiger partial charge is 0.264 e. The Morgan fingerprint density at radius 1 is 0.778 bits per heavy atom. The molecule has 1 atom stereocenters. The Labute approximate surface area is 265 Å². The summed E-state index contributed by atoms with van der Waals surface area (Å²) in [4.78, 5) is 29.8. The van der Waals surface area contributed by atoms with Crippen LogP contribution in [-0.2, 0) is 32.6 Å². The van der Waals surface area contributed by atoms with E-state index in [1.54, 1.807) is 48.5 Å². The number of carbonyl (C=O) groups excluding carboxylic acids is 2. The van der Waals surface area contributed by atoms with E-state index in [0.29, 0.717) is 11.3 Å². The van der Waals surface area contributed by atoms with Crippen LogP contribution >= 0.6 is 0 Å². The molecule has 45 heavy (non-hydrogen) atoms. The van der Waals surface area contributed by atoms with Gasteiger partial charge < -0.3 is 10.2 Å². The Balaban J connectivity index is 1.81. The SMILES string of the molecule is Cc1ccc(N(CC(=O)N(Cc2ccc(F)cc2)[C@H](Cc2ccccc2)C(=O)NC(C)(C)C)S(=O)(=O)c2ccc(C)cc2)cc1. The highest BCUT2D eigenvalue weighted by Crippen LogP contribution is 2.26.